The first-order valence-corrected chi connectivity index (χ1v) is 6.45. The van der Waals surface area contributed by atoms with Gasteiger partial charge < -0.3 is 10.6 Å². The first kappa shape index (κ1) is 14.7. The third kappa shape index (κ3) is 3.89. The molecule has 0 aliphatic heterocycles. The molecule has 0 fully saturated rings. The van der Waals surface area contributed by atoms with Gasteiger partial charge in [0.15, 0.2) is 0 Å². The smallest absolute Gasteiger partial charge is 0.253 e. The van der Waals surface area contributed by atoms with Crippen molar-refractivity contribution in [3.8, 4) is 0 Å². The molecule has 2 aromatic carbocycles. The van der Waals surface area contributed by atoms with Crippen LogP contribution in [0.4, 0.5) is 10.1 Å². The van der Waals surface area contributed by atoms with E-state index in [1.54, 1.807) is 36.4 Å². The molecule has 0 spiro atoms. The van der Waals surface area contributed by atoms with Crippen molar-refractivity contribution >= 4 is 17.5 Å². The van der Waals surface area contributed by atoms with Gasteiger partial charge >= 0.3 is 0 Å². The van der Waals surface area contributed by atoms with Crippen molar-refractivity contribution in [2.45, 2.75) is 6.42 Å². The number of hydrogen-bond donors (Lipinski definition) is 2. The zero-order chi connectivity index (χ0) is 15.2. The minimum absolute atomic E-state index is 0.0415. The highest BCUT2D eigenvalue weighted by Crippen LogP contribution is 2.15. The maximum atomic E-state index is 13.1. The van der Waals surface area contributed by atoms with Gasteiger partial charge in [-0.2, -0.15) is 0 Å². The van der Waals surface area contributed by atoms with Gasteiger partial charge in [-0.3, -0.25) is 9.59 Å². The maximum absolute atomic E-state index is 13.1. The Morgan fingerprint density at radius 2 is 1.86 bits per heavy atom. The molecule has 2 N–H and O–H groups in total. The molecule has 0 saturated heterocycles. The summed E-state index contributed by atoms with van der Waals surface area (Å²) in [5.41, 5.74) is 1.38. The number of halogens is 1. The molecular formula is C16H15FN2O2. The molecule has 0 atom stereocenters. The van der Waals surface area contributed by atoms with E-state index in [1.807, 2.05) is 0 Å². The molecular weight excluding hydrogens is 271 g/mol. The fourth-order valence-electron chi connectivity index (χ4n) is 1.95. The van der Waals surface area contributed by atoms with Crippen LogP contribution in [0.2, 0.25) is 0 Å². The van der Waals surface area contributed by atoms with Crippen LogP contribution in [0.5, 0.6) is 0 Å². The summed E-state index contributed by atoms with van der Waals surface area (Å²) in [7, 11) is 1.52. The van der Waals surface area contributed by atoms with Crippen LogP contribution in [-0.2, 0) is 11.2 Å². The summed E-state index contributed by atoms with van der Waals surface area (Å²) < 4.78 is 13.1. The first-order valence-electron chi connectivity index (χ1n) is 6.45. The monoisotopic (exact) mass is 286 g/mol. The zero-order valence-corrected chi connectivity index (χ0v) is 11.5. The molecule has 0 saturated carbocycles. The lowest BCUT2D eigenvalue weighted by Crippen LogP contribution is -2.22. The fourth-order valence-corrected chi connectivity index (χ4v) is 1.95. The van der Waals surface area contributed by atoms with E-state index >= 15 is 0 Å². The van der Waals surface area contributed by atoms with Crippen LogP contribution in [0.1, 0.15) is 15.9 Å². The van der Waals surface area contributed by atoms with E-state index in [0.29, 0.717) is 16.8 Å². The lowest BCUT2D eigenvalue weighted by Gasteiger charge is -2.10. The number of carbonyl (C=O) groups is 2. The average Bonchev–Trinajstić information content (AvgIpc) is 2.47. The highest BCUT2D eigenvalue weighted by molar-refractivity contribution is 6.03. The number of amides is 2. The lowest BCUT2D eigenvalue weighted by atomic mass is 10.1. The minimum Gasteiger partial charge on any atom is -0.355 e. The quantitative estimate of drug-likeness (QED) is 0.906. The van der Waals surface area contributed by atoms with Crippen LogP contribution < -0.4 is 10.6 Å². The van der Waals surface area contributed by atoms with Crippen molar-refractivity contribution in [3.05, 3.63) is 65.5 Å². The van der Waals surface area contributed by atoms with Gasteiger partial charge in [-0.15, -0.1) is 0 Å². The Morgan fingerprint density at radius 3 is 2.57 bits per heavy atom. The summed E-state index contributed by atoms with van der Waals surface area (Å²) >= 11 is 0. The number of hydrogen-bond acceptors (Lipinski definition) is 2. The molecule has 0 radical (unpaired) electrons. The topological polar surface area (TPSA) is 58.2 Å². The predicted octanol–water partition coefficient (Wildman–Crippen LogP) is 2.37. The largest absolute Gasteiger partial charge is 0.355 e. The van der Waals surface area contributed by atoms with Crippen LogP contribution in [0.3, 0.4) is 0 Å². The van der Waals surface area contributed by atoms with Gasteiger partial charge in [0.25, 0.3) is 5.91 Å². The Labute approximate surface area is 122 Å². The zero-order valence-electron chi connectivity index (χ0n) is 11.5. The predicted molar refractivity (Wildman–Crippen MR) is 78.6 cm³/mol. The van der Waals surface area contributed by atoms with Crippen molar-refractivity contribution in [3.63, 3.8) is 0 Å². The van der Waals surface area contributed by atoms with Gasteiger partial charge in [-0.25, -0.2) is 4.39 Å². The standard InChI is InChI=1S/C16H15FN2O2/c1-18-16(21)13-7-2-3-8-14(13)19-15(20)10-11-5-4-6-12(17)9-11/h2-9H,10H2,1H3,(H,18,21)(H,19,20). The van der Waals surface area contributed by atoms with Gasteiger partial charge in [0, 0.05) is 7.05 Å². The molecule has 0 bridgehead atoms. The summed E-state index contributed by atoms with van der Waals surface area (Å²) in [5, 5.41) is 5.18. The molecule has 2 rings (SSSR count). The number of anilines is 1. The molecule has 4 nitrogen and oxygen atoms in total. The van der Waals surface area contributed by atoms with Crippen LogP contribution in [-0.4, -0.2) is 18.9 Å². The number of rotatable bonds is 4. The number of nitrogens with one attached hydrogen (secondary N) is 2. The molecule has 21 heavy (non-hydrogen) atoms. The summed E-state index contributed by atoms with van der Waals surface area (Å²) in [4.78, 5) is 23.7. The lowest BCUT2D eigenvalue weighted by molar-refractivity contribution is -0.115. The Hall–Kier alpha value is -2.69. The van der Waals surface area contributed by atoms with Gasteiger partial charge in [0.2, 0.25) is 5.91 Å². The molecule has 0 aromatic heterocycles. The highest BCUT2D eigenvalue weighted by atomic mass is 19.1. The summed E-state index contributed by atoms with van der Waals surface area (Å²) in [6, 6.07) is 12.6. The van der Waals surface area contributed by atoms with E-state index in [-0.39, 0.29) is 24.1 Å². The molecule has 0 heterocycles. The van der Waals surface area contributed by atoms with E-state index in [9.17, 15) is 14.0 Å². The normalized spacial score (nSPS) is 10.0. The average molecular weight is 286 g/mol. The molecule has 2 aromatic rings. The van der Waals surface area contributed by atoms with Crippen LogP contribution in [0, 0.1) is 5.82 Å². The van der Waals surface area contributed by atoms with Crippen molar-refractivity contribution in [2.75, 3.05) is 12.4 Å². The van der Waals surface area contributed by atoms with Crippen molar-refractivity contribution in [1.29, 1.82) is 0 Å². The summed E-state index contributed by atoms with van der Waals surface area (Å²) in [6.07, 6.45) is 0.0415. The van der Waals surface area contributed by atoms with E-state index < -0.39 is 0 Å². The Bertz CT molecular complexity index is 671. The van der Waals surface area contributed by atoms with Gasteiger partial charge in [0.1, 0.15) is 5.82 Å². The number of benzene rings is 2. The SMILES string of the molecule is CNC(=O)c1ccccc1NC(=O)Cc1cccc(F)c1. The number of para-hydroxylation sites is 1. The molecule has 108 valence electrons. The van der Waals surface area contributed by atoms with Gasteiger partial charge in [-0.1, -0.05) is 24.3 Å². The first-order chi connectivity index (χ1) is 10.1. The molecule has 2 amide bonds. The van der Waals surface area contributed by atoms with Crippen LogP contribution >= 0.6 is 0 Å². The molecule has 0 unspecified atom stereocenters. The summed E-state index contributed by atoms with van der Waals surface area (Å²) in [6.45, 7) is 0. The Balaban J connectivity index is 2.11. The Kier molecular flexibility index (Phi) is 4.66. The minimum atomic E-state index is -0.383. The van der Waals surface area contributed by atoms with Crippen molar-refractivity contribution in [2.24, 2.45) is 0 Å². The highest BCUT2D eigenvalue weighted by Gasteiger charge is 2.12. The summed E-state index contributed by atoms with van der Waals surface area (Å²) in [5.74, 6) is -0.973. The maximum Gasteiger partial charge on any atom is 0.253 e. The van der Waals surface area contributed by atoms with E-state index in [4.69, 9.17) is 0 Å². The van der Waals surface area contributed by atoms with Crippen molar-refractivity contribution < 1.29 is 14.0 Å². The Morgan fingerprint density at radius 1 is 1.10 bits per heavy atom. The molecule has 0 aliphatic carbocycles. The molecule has 5 heteroatoms. The van der Waals surface area contributed by atoms with Gasteiger partial charge in [-0.05, 0) is 29.8 Å². The second-order valence-corrected chi connectivity index (χ2v) is 4.48. The number of carbonyl (C=O) groups excluding carboxylic acids is 2. The van der Waals surface area contributed by atoms with Gasteiger partial charge in [0.05, 0.1) is 17.7 Å². The van der Waals surface area contributed by atoms with Crippen molar-refractivity contribution in [1.82, 2.24) is 5.32 Å². The second-order valence-electron chi connectivity index (χ2n) is 4.48. The second kappa shape index (κ2) is 6.65. The van der Waals surface area contributed by atoms with E-state index in [2.05, 4.69) is 10.6 Å². The third-order valence-electron chi connectivity index (χ3n) is 2.93. The third-order valence-corrected chi connectivity index (χ3v) is 2.93. The van der Waals surface area contributed by atoms with Crippen LogP contribution in [0.15, 0.2) is 48.5 Å². The fraction of sp³-hybridized carbons (Fsp3) is 0.125. The van der Waals surface area contributed by atoms with E-state index in [0.717, 1.165) is 0 Å². The van der Waals surface area contributed by atoms with Crippen LogP contribution in [0.25, 0.3) is 0 Å². The molecule has 0 aliphatic rings. The van der Waals surface area contributed by atoms with E-state index in [1.165, 1.54) is 19.2 Å².